The van der Waals surface area contributed by atoms with Crippen LogP contribution >= 0.6 is 0 Å². The summed E-state index contributed by atoms with van der Waals surface area (Å²) in [7, 11) is 0. The van der Waals surface area contributed by atoms with E-state index in [4.69, 9.17) is 9.15 Å². The van der Waals surface area contributed by atoms with Gasteiger partial charge < -0.3 is 9.15 Å². The molecule has 1 aromatic heterocycles. The Kier molecular flexibility index (Phi) is 4.84. The summed E-state index contributed by atoms with van der Waals surface area (Å²) < 4.78 is 11.7. The fourth-order valence-electron chi connectivity index (χ4n) is 2.81. The van der Waals surface area contributed by atoms with Gasteiger partial charge in [0, 0.05) is 12.1 Å². The lowest BCUT2D eigenvalue weighted by Crippen LogP contribution is -2.01. The Morgan fingerprint density at radius 1 is 0.815 bits per heavy atom. The van der Waals surface area contributed by atoms with Crippen molar-refractivity contribution < 1.29 is 9.15 Å². The van der Waals surface area contributed by atoms with Crippen molar-refractivity contribution in [2.24, 2.45) is 0 Å². The Labute approximate surface area is 157 Å². The Balaban J connectivity index is 1.60. The van der Waals surface area contributed by atoms with E-state index in [0.717, 1.165) is 11.1 Å². The van der Waals surface area contributed by atoms with Gasteiger partial charge in [0.1, 0.15) is 23.7 Å². The van der Waals surface area contributed by atoms with E-state index in [2.05, 4.69) is 0 Å². The second-order valence-electron chi connectivity index (χ2n) is 6.19. The van der Waals surface area contributed by atoms with Crippen LogP contribution in [0.3, 0.4) is 0 Å². The van der Waals surface area contributed by atoms with E-state index in [1.54, 1.807) is 24.3 Å². The molecule has 0 spiro atoms. The molecule has 0 aliphatic heterocycles. The first-order valence-corrected chi connectivity index (χ1v) is 8.76. The SMILES string of the molecule is O=c1cc(/C=C/c2ccccc2)oc2cc(OCc3ccccc3)ccc12. The number of hydrogen-bond donors (Lipinski definition) is 0. The molecule has 1 heterocycles. The van der Waals surface area contributed by atoms with Crippen LogP contribution in [0.5, 0.6) is 5.75 Å². The fraction of sp³-hybridized carbons (Fsp3) is 0.0417. The zero-order chi connectivity index (χ0) is 18.5. The summed E-state index contributed by atoms with van der Waals surface area (Å²) in [6.07, 6.45) is 3.72. The van der Waals surface area contributed by atoms with Crippen molar-refractivity contribution in [2.45, 2.75) is 6.61 Å². The summed E-state index contributed by atoms with van der Waals surface area (Å²) in [5.74, 6) is 1.18. The largest absolute Gasteiger partial charge is 0.489 e. The Morgan fingerprint density at radius 2 is 1.56 bits per heavy atom. The van der Waals surface area contributed by atoms with Crippen LogP contribution in [0, 0.1) is 0 Å². The van der Waals surface area contributed by atoms with Gasteiger partial charge in [-0.2, -0.15) is 0 Å². The van der Waals surface area contributed by atoms with Crippen molar-refractivity contribution >= 4 is 23.1 Å². The van der Waals surface area contributed by atoms with E-state index in [1.165, 1.54) is 6.07 Å². The minimum atomic E-state index is -0.0708. The Morgan fingerprint density at radius 3 is 2.33 bits per heavy atom. The molecule has 4 aromatic rings. The summed E-state index contributed by atoms with van der Waals surface area (Å²) in [6, 6.07) is 26.6. The van der Waals surface area contributed by atoms with Gasteiger partial charge in [-0.3, -0.25) is 4.79 Å². The van der Waals surface area contributed by atoms with E-state index < -0.39 is 0 Å². The second kappa shape index (κ2) is 7.75. The molecule has 0 amide bonds. The molecule has 0 aliphatic rings. The molecule has 3 aromatic carbocycles. The van der Waals surface area contributed by atoms with Crippen LogP contribution in [0.25, 0.3) is 23.1 Å². The molecule has 27 heavy (non-hydrogen) atoms. The van der Waals surface area contributed by atoms with Gasteiger partial charge in [0.05, 0.1) is 5.39 Å². The molecule has 3 heteroatoms. The molecule has 0 saturated heterocycles. The van der Waals surface area contributed by atoms with E-state index >= 15 is 0 Å². The average molecular weight is 354 g/mol. The highest BCUT2D eigenvalue weighted by Gasteiger charge is 2.05. The molecule has 0 fully saturated rings. The molecular formula is C24H18O3. The second-order valence-corrected chi connectivity index (χ2v) is 6.19. The van der Waals surface area contributed by atoms with Gasteiger partial charge in [-0.1, -0.05) is 66.7 Å². The van der Waals surface area contributed by atoms with Crippen molar-refractivity contribution in [2.75, 3.05) is 0 Å². The summed E-state index contributed by atoms with van der Waals surface area (Å²) in [4.78, 5) is 12.4. The van der Waals surface area contributed by atoms with E-state index in [0.29, 0.717) is 29.1 Å². The molecule has 0 radical (unpaired) electrons. The number of hydrogen-bond acceptors (Lipinski definition) is 3. The molecule has 0 bridgehead atoms. The van der Waals surface area contributed by atoms with Crippen LogP contribution in [0.4, 0.5) is 0 Å². The molecule has 132 valence electrons. The highest BCUT2D eigenvalue weighted by Crippen LogP contribution is 2.21. The molecule has 0 saturated carbocycles. The van der Waals surface area contributed by atoms with Crippen LogP contribution in [-0.2, 0) is 6.61 Å². The summed E-state index contributed by atoms with van der Waals surface area (Å²) in [5, 5.41) is 0.541. The van der Waals surface area contributed by atoms with E-state index in [9.17, 15) is 4.79 Å². The summed E-state index contributed by atoms with van der Waals surface area (Å²) in [5.41, 5.74) is 2.57. The monoisotopic (exact) mass is 354 g/mol. The maximum atomic E-state index is 12.4. The van der Waals surface area contributed by atoms with Crippen molar-refractivity contribution in [1.82, 2.24) is 0 Å². The highest BCUT2D eigenvalue weighted by atomic mass is 16.5. The van der Waals surface area contributed by atoms with Crippen molar-refractivity contribution in [3.05, 3.63) is 112 Å². The van der Waals surface area contributed by atoms with Crippen LogP contribution in [0.1, 0.15) is 16.9 Å². The van der Waals surface area contributed by atoms with Crippen molar-refractivity contribution in [3.8, 4) is 5.75 Å². The molecule has 3 nitrogen and oxygen atoms in total. The first-order chi connectivity index (χ1) is 13.3. The summed E-state index contributed by atoms with van der Waals surface area (Å²) >= 11 is 0. The van der Waals surface area contributed by atoms with Gasteiger partial charge in [-0.05, 0) is 29.3 Å². The number of rotatable bonds is 5. The van der Waals surface area contributed by atoms with E-state index in [1.807, 2.05) is 66.7 Å². The third-order valence-corrected chi connectivity index (χ3v) is 4.21. The van der Waals surface area contributed by atoms with Crippen LogP contribution in [0.15, 0.2) is 94.1 Å². The van der Waals surface area contributed by atoms with Crippen molar-refractivity contribution in [3.63, 3.8) is 0 Å². The zero-order valence-electron chi connectivity index (χ0n) is 14.7. The lowest BCUT2D eigenvalue weighted by atomic mass is 10.2. The maximum Gasteiger partial charge on any atom is 0.193 e. The lowest BCUT2D eigenvalue weighted by molar-refractivity contribution is 0.306. The number of fused-ring (bicyclic) bond motifs is 1. The predicted octanol–water partition coefficient (Wildman–Crippen LogP) is 5.54. The highest BCUT2D eigenvalue weighted by molar-refractivity contribution is 5.79. The molecule has 0 atom stereocenters. The summed E-state index contributed by atoms with van der Waals surface area (Å²) in [6.45, 7) is 0.462. The lowest BCUT2D eigenvalue weighted by Gasteiger charge is -2.07. The van der Waals surface area contributed by atoms with Crippen LogP contribution < -0.4 is 10.2 Å². The van der Waals surface area contributed by atoms with Gasteiger partial charge in [0.2, 0.25) is 0 Å². The third kappa shape index (κ3) is 4.15. The van der Waals surface area contributed by atoms with Crippen LogP contribution in [0.2, 0.25) is 0 Å². The van der Waals surface area contributed by atoms with Crippen molar-refractivity contribution in [1.29, 1.82) is 0 Å². The Hall–Kier alpha value is -3.59. The first-order valence-electron chi connectivity index (χ1n) is 8.76. The number of benzene rings is 3. The van der Waals surface area contributed by atoms with Gasteiger partial charge >= 0.3 is 0 Å². The smallest absolute Gasteiger partial charge is 0.193 e. The fourth-order valence-corrected chi connectivity index (χ4v) is 2.81. The topological polar surface area (TPSA) is 39.4 Å². The Bertz CT molecular complexity index is 1130. The molecule has 0 unspecified atom stereocenters. The predicted molar refractivity (Wildman–Crippen MR) is 109 cm³/mol. The van der Waals surface area contributed by atoms with Crippen LogP contribution in [-0.4, -0.2) is 0 Å². The normalized spacial score (nSPS) is 11.1. The van der Waals surface area contributed by atoms with Gasteiger partial charge in [0.25, 0.3) is 0 Å². The average Bonchev–Trinajstić information content (AvgIpc) is 2.72. The minimum Gasteiger partial charge on any atom is -0.489 e. The number of ether oxygens (including phenoxy) is 1. The minimum absolute atomic E-state index is 0.0708. The zero-order valence-corrected chi connectivity index (χ0v) is 14.7. The molecule has 4 rings (SSSR count). The van der Waals surface area contributed by atoms with Gasteiger partial charge in [0.15, 0.2) is 5.43 Å². The van der Waals surface area contributed by atoms with E-state index in [-0.39, 0.29) is 5.43 Å². The van der Waals surface area contributed by atoms with Gasteiger partial charge in [-0.15, -0.1) is 0 Å². The van der Waals surface area contributed by atoms with Gasteiger partial charge in [-0.25, -0.2) is 0 Å². The molecular weight excluding hydrogens is 336 g/mol. The molecule has 0 N–H and O–H groups in total. The maximum absolute atomic E-state index is 12.4. The first kappa shape index (κ1) is 16.9. The standard InChI is InChI=1S/C24H18O3/c25-23-15-21(12-11-18-7-3-1-4-8-18)27-24-16-20(13-14-22(23)24)26-17-19-9-5-2-6-10-19/h1-16H,17H2/b12-11+. The quantitative estimate of drug-likeness (QED) is 0.472. The third-order valence-electron chi connectivity index (χ3n) is 4.21. The molecule has 0 aliphatic carbocycles.